The number of hydrazine groups is 1. The molecular formula is C22H27ClN8. The van der Waals surface area contributed by atoms with Crippen molar-refractivity contribution in [3.63, 3.8) is 0 Å². The molecule has 9 heteroatoms. The number of hydrogen-bond acceptors (Lipinski definition) is 7. The maximum absolute atomic E-state index is 6.54. The summed E-state index contributed by atoms with van der Waals surface area (Å²) in [5.41, 5.74) is 7.55. The van der Waals surface area contributed by atoms with Crippen LogP contribution in [-0.2, 0) is 6.54 Å². The summed E-state index contributed by atoms with van der Waals surface area (Å²) in [6.07, 6.45) is 1.59. The van der Waals surface area contributed by atoms with E-state index in [4.69, 9.17) is 16.6 Å². The molecule has 0 amide bonds. The number of nitrogens with one attached hydrogen (secondary N) is 3. The van der Waals surface area contributed by atoms with Crippen LogP contribution in [0.1, 0.15) is 17.3 Å². The SMILES string of the molecule is CN1CCN(Cc2ccc(C3N=C(Nc4ccc5[nH]ncc5c4Cl)N(C)N3)cc2)CC1. The molecule has 1 atom stereocenters. The maximum Gasteiger partial charge on any atom is 0.215 e. The monoisotopic (exact) mass is 438 g/mol. The first-order valence-electron chi connectivity index (χ1n) is 10.5. The van der Waals surface area contributed by atoms with Gasteiger partial charge in [0.15, 0.2) is 0 Å². The van der Waals surface area contributed by atoms with Crippen LogP contribution in [-0.4, -0.2) is 71.2 Å². The second kappa shape index (κ2) is 8.47. The molecule has 162 valence electrons. The van der Waals surface area contributed by atoms with E-state index in [9.17, 15) is 0 Å². The van der Waals surface area contributed by atoms with Crippen LogP contribution >= 0.6 is 11.6 Å². The number of aliphatic imine (C=N–C) groups is 1. The molecule has 31 heavy (non-hydrogen) atoms. The molecule has 3 N–H and O–H groups in total. The Labute approximate surface area is 186 Å². The Hall–Kier alpha value is -2.65. The molecule has 1 fully saturated rings. The molecule has 3 heterocycles. The number of nitrogens with zero attached hydrogens (tertiary/aromatic N) is 5. The van der Waals surface area contributed by atoms with E-state index in [1.54, 1.807) is 6.20 Å². The highest BCUT2D eigenvalue weighted by atomic mass is 35.5. The number of piperazine rings is 1. The van der Waals surface area contributed by atoms with Crippen LogP contribution in [0.4, 0.5) is 5.69 Å². The van der Waals surface area contributed by atoms with Crippen molar-refractivity contribution in [3.05, 3.63) is 58.7 Å². The minimum atomic E-state index is -0.137. The summed E-state index contributed by atoms with van der Waals surface area (Å²) < 4.78 is 0. The van der Waals surface area contributed by atoms with Crippen molar-refractivity contribution in [2.75, 3.05) is 45.6 Å². The highest BCUT2D eigenvalue weighted by Crippen LogP contribution is 2.31. The fourth-order valence-corrected chi connectivity index (χ4v) is 4.28. The topological polar surface area (TPSA) is 74.8 Å². The number of guanidine groups is 1. The van der Waals surface area contributed by atoms with Gasteiger partial charge in [-0.2, -0.15) is 5.10 Å². The van der Waals surface area contributed by atoms with Gasteiger partial charge in [-0.25, -0.2) is 10.4 Å². The molecular weight excluding hydrogens is 412 g/mol. The molecule has 0 bridgehead atoms. The number of halogens is 1. The molecule has 1 unspecified atom stereocenters. The molecule has 1 saturated heterocycles. The minimum absolute atomic E-state index is 0.137. The zero-order valence-electron chi connectivity index (χ0n) is 17.8. The first-order chi connectivity index (χ1) is 15.1. The third kappa shape index (κ3) is 4.24. The van der Waals surface area contributed by atoms with E-state index in [1.165, 1.54) is 5.56 Å². The highest BCUT2D eigenvalue weighted by molar-refractivity contribution is 6.38. The lowest BCUT2D eigenvalue weighted by Crippen LogP contribution is -2.43. The molecule has 0 aliphatic carbocycles. The lowest BCUT2D eigenvalue weighted by Gasteiger charge is -2.32. The Bertz CT molecular complexity index is 1080. The molecule has 1 aromatic heterocycles. The van der Waals surface area contributed by atoms with Crippen molar-refractivity contribution in [3.8, 4) is 0 Å². The van der Waals surface area contributed by atoms with Gasteiger partial charge in [0.05, 0.1) is 22.4 Å². The third-order valence-electron chi connectivity index (χ3n) is 5.99. The van der Waals surface area contributed by atoms with Gasteiger partial charge in [0, 0.05) is 45.2 Å². The van der Waals surface area contributed by atoms with Crippen LogP contribution in [0, 0.1) is 0 Å². The van der Waals surface area contributed by atoms with Crippen molar-refractivity contribution >= 4 is 34.2 Å². The zero-order valence-corrected chi connectivity index (χ0v) is 18.5. The lowest BCUT2D eigenvalue weighted by molar-refractivity contribution is 0.148. The highest BCUT2D eigenvalue weighted by Gasteiger charge is 2.24. The molecule has 3 aromatic rings. The Kier molecular flexibility index (Phi) is 5.54. The van der Waals surface area contributed by atoms with Gasteiger partial charge in [-0.15, -0.1) is 0 Å². The number of aromatic nitrogens is 2. The first-order valence-corrected chi connectivity index (χ1v) is 10.9. The zero-order chi connectivity index (χ0) is 21.4. The second-order valence-corrected chi connectivity index (χ2v) is 8.63. The standard InChI is InChI=1S/C22H27ClN8/c1-29-9-11-31(12-10-29)14-15-3-5-16(6-4-15)21-26-22(30(2)28-21)25-19-8-7-18-17(20(19)23)13-24-27-18/h3-8,13,21,28H,9-12,14H2,1-2H3,(H,24,27)(H,25,26). The van der Waals surface area contributed by atoms with E-state index in [-0.39, 0.29) is 6.17 Å². The molecule has 2 aliphatic heterocycles. The molecule has 2 aromatic carbocycles. The molecule has 2 aliphatic rings. The van der Waals surface area contributed by atoms with Crippen molar-refractivity contribution in [1.82, 2.24) is 30.4 Å². The Morgan fingerprint density at radius 3 is 2.61 bits per heavy atom. The summed E-state index contributed by atoms with van der Waals surface area (Å²) in [5, 5.41) is 13.7. The quantitative estimate of drug-likeness (QED) is 0.581. The van der Waals surface area contributed by atoms with Crippen LogP contribution < -0.4 is 10.7 Å². The largest absolute Gasteiger partial charge is 0.324 e. The van der Waals surface area contributed by atoms with Crippen LogP contribution in [0.5, 0.6) is 0 Å². The number of aromatic amines is 1. The summed E-state index contributed by atoms with van der Waals surface area (Å²) >= 11 is 6.54. The Morgan fingerprint density at radius 2 is 1.84 bits per heavy atom. The van der Waals surface area contributed by atoms with E-state index in [2.05, 4.69) is 62.1 Å². The molecule has 8 nitrogen and oxygen atoms in total. The summed E-state index contributed by atoms with van der Waals surface area (Å²) in [6, 6.07) is 12.6. The number of H-pyrrole nitrogens is 1. The van der Waals surface area contributed by atoms with Crippen LogP contribution in [0.2, 0.25) is 5.02 Å². The van der Waals surface area contributed by atoms with Crippen molar-refractivity contribution in [2.45, 2.75) is 12.7 Å². The maximum atomic E-state index is 6.54. The van der Waals surface area contributed by atoms with Crippen molar-refractivity contribution in [1.29, 1.82) is 0 Å². The average molecular weight is 439 g/mol. The van der Waals surface area contributed by atoms with Crippen LogP contribution in [0.25, 0.3) is 10.9 Å². The van der Waals surface area contributed by atoms with Gasteiger partial charge in [0.2, 0.25) is 5.96 Å². The van der Waals surface area contributed by atoms with Crippen molar-refractivity contribution < 1.29 is 0 Å². The number of anilines is 1. The second-order valence-electron chi connectivity index (χ2n) is 8.25. The predicted molar refractivity (Wildman–Crippen MR) is 125 cm³/mol. The Morgan fingerprint density at radius 1 is 1.06 bits per heavy atom. The molecule has 0 radical (unpaired) electrons. The minimum Gasteiger partial charge on any atom is -0.324 e. The number of benzene rings is 2. The third-order valence-corrected chi connectivity index (χ3v) is 6.39. The number of hydrogen-bond donors (Lipinski definition) is 3. The molecule has 0 spiro atoms. The average Bonchev–Trinajstić information content (AvgIpc) is 3.40. The fraction of sp³-hybridized carbons (Fsp3) is 0.364. The number of likely N-dealkylation sites (N-methyl/N-ethyl adjacent to an activating group) is 1. The summed E-state index contributed by atoms with van der Waals surface area (Å²) in [4.78, 5) is 9.71. The lowest BCUT2D eigenvalue weighted by atomic mass is 10.1. The van der Waals surface area contributed by atoms with Gasteiger partial charge >= 0.3 is 0 Å². The molecule has 0 saturated carbocycles. The summed E-state index contributed by atoms with van der Waals surface area (Å²) in [6.45, 7) is 5.52. The van der Waals surface area contributed by atoms with Crippen molar-refractivity contribution in [2.24, 2.45) is 4.99 Å². The Balaban J connectivity index is 1.27. The van der Waals surface area contributed by atoms with Gasteiger partial charge in [0.1, 0.15) is 6.17 Å². The smallest absolute Gasteiger partial charge is 0.215 e. The van der Waals surface area contributed by atoms with E-state index in [1.807, 2.05) is 24.2 Å². The van der Waals surface area contributed by atoms with Gasteiger partial charge in [-0.05, 0) is 30.3 Å². The number of rotatable bonds is 4. The van der Waals surface area contributed by atoms with E-state index in [0.29, 0.717) is 5.02 Å². The molecule has 5 rings (SSSR count). The van der Waals surface area contributed by atoms with Crippen LogP contribution in [0.15, 0.2) is 47.6 Å². The van der Waals surface area contributed by atoms with Crippen LogP contribution in [0.3, 0.4) is 0 Å². The van der Waals surface area contributed by atoms with Gasteiger partial charge < -0.3 is 10.2 Å². The van der Waals surface area contributed by atoms with E-state index in [0.717, 1.165) is 60.8 Å². The fourth-order valence-electron chi connectivity index (χ4n) is 4.02. The first kappa shape index (κ1) is 20.3. The summed E-state index contributed by atoms with van der Waals surface area (Å²) in [7, 11) is 4.13. The number of fused-ring (bicyclic) bond motifs is 1. The van der Waals surface area contributed by atoms with E-state index < -0.39 is 0 Å². The van der Waals surface area contributed by atoms with Gasteiger partial charge in [-0.1, -0.05) is 35.9 Å². The normalized spacial score (nSPS) is 20.4. The summed E-state index contributed by atoms with van der Waals surface area (Å²) in [5.74, 6) is 0.719. The van der Waals surface area contributed by atoms with Gasteiger partial charge in [-0.3, -0.25) is 15.0 Å². The van der Waals surface area contributed by atoms with E-state index >= 15 is 0 Å². The van der Waals surface area contributed by atoms with Gasteiger partial charge in [0.25, 0.3) is 0 Å². The predicted octanol–water partition coefficient (Wildman–Crippen LogP) is 2.88.